The maximum atomic E-state index is 12.3. The topological polar surface area (TPSA) is 64.3 Å². The minimum Gasteiger partial charge on any atom is -0.495 e. The van der Waals surface area contributed by atoms with E-state index in [1.54, 1.807) is 25.3 Å². The fraction of sp³-hybridized carbons (Fsp3) is 0.533. The molecule has 1 aliphatic carbocycles. The van der Waals surface area contributed by atoms with Crippen LogP contribution in [0.15, 0.2) is 18.2 Å². The van der Waals surface area contributed by atoms with Crippen molar-refractivity contribution in [3.8, 4) is 5.75 Å². The van der Waals surface area contributed by atoms with E-state index in [1.807, 2.05) is 0 Å². The highest BCUT2D eigenvalue weighted by Crippen LogP contribution is 2.37. The molecule has 1 atom stereocenters. The minimum absolute atomic E-state index is 0.112. The Bertz CT molecular complexity index is 483. The minimum atomic E-state index is -0.112. The summed E-state index contributed by atoms with van der Waals surface area (Å²) >= 11 is 0. The Kier molecular flexibility index (Phi) is 3.69. The zero-order valence-corrected chi connectivity index (χ0v) is 11.8. The summed E-state index contributed by atoms with van der Waals surface area (Å²) in [5.41, 5.74) is 7.15. The molecule has 0 saturated heterocycles. The first kappa shape index (κ1) is 13.7. The highest BCUT2D eigenvalue weighted by molar-refractivity contribution is 6.00. The van der Waals surface area contributed by atoms with Gasteiger partial charge in [-0.15, -0.1) is 0 Å². The van der Waals surface area contributed by atoms with Crippen LogP contribution in [0.3, 0.4) is 0 Å². The summed E-state index contributed by atoms with van der Waals surface area (Å²) in [6, 6.07) is 5.51. The van der Waals surface area contributed by atoms with E-state index >= 15 is 0 Å². The Morgan fingerprint density at radius 3 is 2.79 bits per heavy atom. The Hall–Kier alpha value is -1.71. The first-order valence-corrected chi connectivity index (χ1v) is 6.66. The number of carbonyl (C=O) groups excluding carboxylic acids is 1. The van der Waals surface area contributed by atoms with Gasteiger partial charge >= 0.3 is 0 Å². The largest absolute Gasteiger partial charge is 0.495 e. The van der Waals surface area contributed by atoms with Crippen LogP contribution in [-0.2, 0) is 0 Å². The molecule has 1 aromatic rings. The summed E-state index contributed by atoms with van der Waals surface area (Å²) in [6.45, 7) is 4.47. The predicted octanol–water partition coefficient (Wildman–Crippen LogP) is 2.59. The zero-order chi connectivity index (χ0) is 14.0. The average Bonchev–Trinajstić information content (AvgIpc) is 2.68. The molecule has 4 nitrogen and oxygen atoms in total. The van der Waals surface area contributed by atoms with Crippen molar-refractivity contribution in [2.45, 2.75) is 39.2 Å². The van der Waals surface area contributed by atoms with Gasteiger partial charge in [0, 0.05) is 6.04 Å². The van der Waals surface area contributed by atoms with Crippen LogP contribution in [-0.4, -0.2) is 19.1 Å². The lowest BCUT2D eigenvalue weighted by molar-refractivity contribution is 0.0936. The molecule has 0 radical (unpaired) electrons. The summed E-state index contributed by atoms with van der Waals surface area (Å²) in [7, 11) is 1.55. The van der Waals surface area contributed by atoms with Crippen LogP contribution in [0, 0.1) is 5.41 Å². The van der Waals surface area contributed by atoms with Crippen LogP contribution < -0.4 is 15.8 Å². The number of anilines is 1. The molecule has 1 unspecified atom stereocenters. The number of benzene rings is 1. The van der Waals surface area contributed by atoms with Crippen LogP contribution >= 0.6 is 0 Å². The third kappa shape index (κ3) is 3.00. The molecule has 0 spiro atoms. The Labute approximate surface area is 114 Å². The number of rotatable bonds is 3. The van der Waals surface area contributed by atoms with Crippen molar-refractivity contribution in [2.24, 2.45) is 5.41 Å². The van der Waals surface area contributed by atoms with Gasteiger partial charge in [0.2, 0.25) is 0 Å². The lowest BCUT2D eigenvalue weighted by Gasteiger charge is -2.18. The fourth-order valence-corrected chi connectivity index (χ4v) is 2.74. The summed E-state index contributed by atoms with van der Waals surface area (Å²) in [5, 5.41) is 3.07. The van der Waals surface area contributed by atoms with Crippen molar-refractivity contribution in [3.05, 3.63) is 23.8 Å². The predicted molar refractivity (Wildman–Crippen MR) is 76.3 cm³/mol. The first-order chi connectivity index (χ1) is 8.93. The second-order valence-corrected chi connectivity index (χ2v) is 6.00. The van der Waals surface area contributed by atoms with Crippen LogP contribution in [0.4, 0.5) is 5.69 Å². The number of nitrogens with one attached hydrogen (secondary N) is 1. The fourth-order valence-electron chi connectivity index (χ4n) is 2.74. The summed E-state index contributed by atoms with van der Waals surface area (Å²) in [4.78, 5) is 12.3. The number of para-hydroxylation sites is 1. The molecule has 3 N–H and O–H groups in total. The van der Waals surface area contributed by atoms with Crippen molar-refractivity contribution in [3.63, 3.8) is 0 Å². The van der Waals surface area contributed by atoms with Crippen molar-refractivity contribution in [1.29, 1.82) is 0 Å². The number of nitrogens with two attached hydrogens (primary N) is 1. The number of carbonyl (C=O) groups is 1. The number of hydrogen-bond donors (Lipinski definition) is 2. The maximum Gasteiger partial charge on any atom is 0.253 e. The molecular weight excluding hydrogens is 240 g/mol. The number of amides is 1. The standard InChI is InChI=1S/C15H22N2O2/c1-15(2)8-7-10(9-15)17-14(18)11-5-4-6-12(19-3)13(11)16/h4-6,10H,7-9,16H2,1-3H3,(H,17,18). The molecular formula is C15H22N2O2. The monoisotopic (exact) mass is 262 g/mol. The van der Waals surface area contributed by atoms with Crippen LogP contribution in [0.25, 0.3) is 0 Å². The molecule has 1 aliphatic rings. The highest BCUT2D eigenvalue weighted by Gasteiger charge is 2.32. The Morgan fingerprint density at radius 2 is 2.21 bits per heavy atom. The van der Waals surface area contributed by atoms with E-state index in [1.165, 1.54) is 0 Å². The van der Waals surface area contributed by atoms with Crippen LogP contribution in [0.1, 0.15) is 43.5 Å². The molecule has 104 valence electrons. The van der Waals surface area contributed by atoms with Crippen molar-refractivity contribution in [1.82, 2.24) is 5.32 Å². The molecule has 0 aliphatic heterocycles. The molecule has 0 bridgehead atoms. The molecule has 1 aromatic carbocycles. The lowest BCUT2D eigenvalue weighted by atomic mass is 9.92. The third-order valence-corrected chi connectivity index (χ3v) is 3.83. The van der Waals surface area contributed by atoms with Gasteiger partial charge in [-0.1, -0.05) is 19.9 Å². The van der Waals surface area contributed by atoms with Gasteiger partial charge in [-0.3, -0.25) is 4.79 Å². The van der Waals surface area contributed by atoms with Gasteiger partial charge < -0.3 is 15.8 Å². The molecule has 0 aromatic heterocycles. The Morgan fingerprint density at radius 1 is 1.47 bits per heavy atom. The molecule has 4 heteroatoms. The van der Waals surface area contributed by atoms with Gasteiger partial charge in [0.05, 0.1) is 18.4 Å². The van der Waals surface area contributed by atoms with E-state index in [9.17, 15) is 4.79 Å². The number of hydrogen-bond acceptors (Lipinski definition) is 3. The SMILES string of the molecule is COc1cccc(C(=O)NC2CCC(C)(C)C2)c1N. The van der Waals surface area contributed by atoms with Gasteiger partial charge in [0.15, 0.2) is 0 Å². The molecule has 1 amide bonds. The Balaban J connectivity index is 2.09. The highest BCUT2D eigenvalue weighted by atomic mass is 16.5. The van der Waals surface area contributed by atoms with Crippen molar-refractivity contribution >= 4 is 11.6 Å². The molecule has 2 rings (SSSR count). The van der Waals surface area contributed by atoms with E-state index in [0.29, 0.717) is 22.4 Å². The first-order valence-electron chi connectivity index (χ1n) is 6.66. The number of nitrogen functional groups attached to an aromatic ring is 1. The maximum absolute atomic E-state index is 12.3. The van der Waals surface area contributed by atoms with E-state index in [2.05, 4.69) is 19.2 Å². The third-order valence-electron chi connectivity index (χ3n) is 3.83. The normalized spacial score (nSPS) is 21.1. The van der Waals surface area contributed by atoms with E-state index in [0.717, 1.165) is 19.3 Å². The van der Waals surface area contributed by atoms with Crippen LogP contribution in [0.2, 0.25) is 0 Å². The van der Waals surface area contributed by atoms with E-state index in [4.69, 9.17) is 10.5 Å². The number of methoxy groups -OCH3 is 1. The van der Waals surface area contributed by atoms with Gasteiger partial charge in [0.1, 0.15) is 5.75 Å². The van der Waals surface area contributed by atoms with Gasteiger partial charge in [-0.25, -0.2) is 0 Å². The van der Waals surface area contributed by atoms with Gasteiger partial charge in [-0.2, -0.15) is 0 Å². The number of ether oxygens (including phenoxy) is 1. The zero-order valence-electron chi connectivity index (χ0n) is 11.8. The second kappa shape index (κ2) is 5.11. The molecule has 0 heterocycles. The van der Waals surface area contributed by atoms with E-state index < -0.39 is 0 Å². The van der Waals surface area contributed by atoms with Crippen molar-refractivity contribution < 1.29 is 9.53 Å². The van der Waals surface area contributed by atoms with Crippen LogP contribution in [0.5, 0.6) is 5.75 Å². The van der Waals surface area contributed by atoms with Gasteiger partial charge in [0.25, 0.3) is 5.91 Å². The second-order valence-electron chi connectivity index (χ2n) is 6.00. The van der Waals surface area contributed by atoms with E-state index in [-0.39, 0.29) is 11.9 Å². The smallest absolute Gasteiger partial charge is 0.253 e. The molecule has 1 saturated carbocycles. The summed E-state index contributed by atoms with van der Waals surface area (Å²) < 4.78 is 5.13. The van der Waals surface area contributed by atoms with Gasteiger partial charge in [-0.05, 0) is 36.8 Å². The summed E-state index contributed by atoms with van der Waals surface area (Å²) in [5.74, 6) is 0.429. The summed E-state index contributed by atoms with van der Waals surface area (Å²) in [6.07, 6.45) is 3.19. The molecule has 19 heavy (non-hydrogen) atoms. The lowest BCUT2D eigenvalue weighted by Crippen LogP contribution is -2.34. The van der Waals surface area contributed by atoms with Crippen molar-refractivity contribution in [2.75, 3.05) is 12.8 Å². The average molecular weight is 262 g/mol. The quantitative estimate of drug-likeness (QED) is 0.823. The molecule has 1 fully saturated rings.